The van der Waals surface area contributed by atoms with Crippen molar-refractivity contribution in [1.82, 2.24) is 5.16 Å². The Morgan fingerprint density at radius 3 is 2.85 bits per heavy atom. The molecule has 108 valence electrons. The number of ether oxygens (including phenoxy) is 1. The third-order valence-corrected chi connectivity index (χ3v) is 4.51. The van der Waals surface area contributed by atoms with Gasteiger partial charge in [0.15, 0.2) is 11.5 Å². The Morgan fingerprint density at radius 1 is 1.30 bits per heavy atom. The molecule has 2 aliphatic rings. The van der Waals surface area contributed by atoms with Crippen LogP contribution in [-0.4, -0.2) is 23.5 Å². The van der Waals surface area contributed by atoms with Gasteiger partial charge in [-0.25, -0.2) is 4.79 Å². The second-order valence-corrected chi connectivity index (χ2v) is 5.63. The van der Waals surface area contributed by atoms with Crippen molar-refractivity contribution in [3.05, 3.63) is 17.0 Å². The molecule has 0 aliphatic heterocycles. The SMILES string of the molecule is CCOC(=O)c1noc2c1CCCC21CCCCC1=O. The van der Waals surface area contributed by atoms with E-state index in [1.54, 1.807) is 6.92 Å². The van der Waals surface area contributed by atoms with E-state index in [0.29, 0.717) is 18.8 Å². The van der Waals surface area contributed by atoms with E-state index in [-0.39, 0.29) is 11.5 Å². The number of Topliss-reactive ketones (excluding diaryl/α,β-unsaturated/α-hetero) is 1. The van der Waals surface area contributed by atoms with Crippen molar-refractivity contribution in [3.8, 4) is 0 Å². The van der Waals surface area contributed by atoms with Gasteiger partial charge in [-0.05, 0) is 39.0 Å². The van der Waals surface area contributed by atoms with Gasteiger partial charge in [0.05, 0.1) is 12.0 Å². The van der Waals surface area contributed by atoms with Crippen LogP contribution in [0.4, 0.5) is 0 Å². The molecule has 1 aromatic rings. The quantitative estimate of drug-likeness (QED) is 0.777. The highest BCUT2D eigenvalue weighted by Gasteiger charge is 2.48. The number of fused-ring (bicyclic) bond motifs is 2. The van der Waals surface area contributed by atoms with Crippen molar-refractivity contribution in [3.63, 3.8) is 0 Å². The van der Waals surface area contributed by atoms with Crippen LogP contribution >= 0.6 is 0 Å². The lowest BCUT2D eigenvalue weighted by atomic mass is 9.64. The molecule has 0 saturated heterocycles. The number of aromatic nitrogens is 1. The lowest BCUT2D eigenvalue weighted by Crippen LogP contribution is -2.41. The predicted molar refractivity (Wildman–Crippen MR) is 70.6 cm³/mol. The molecule has 1 aromatic heterocycles. The smallest absolute Gasteiger partial charge is 0.360 e. The van der Waals surface area contributed by atoms with Gasteiger partial charge in [0.25, 0.3) is 0 Å². The first kappa shape index (κ1) is 13.3. The van der Waals surface area contributed by atoms with E-state index in [0.717, 1.165) is 44.1 Å². The van der Waals surface area contributed by atoms with Crippen molar-refractivity contribution in [2.75, 3.05) is 6.61 Å². The van der Waals surface area contributed by atoms with E-state index < -0.39 is 11.4 Å². The molecule has 3 rings (SSSR count). The second-order valence-electron chi connectivity index (χ2n) is 5.63. The lowest BCUT2D eigenvalue weighted by molar-refractivity contribution is -0.128. The normalized spacial score (nSPS) is 25.6. The number of rotatable bonds is 2. The second kappa shape index (κ2) is 5.04. The zero-order valence-electron chi connectivity index (χ0n) is 11.7. The summed E-state index contributed by atoms with van der Waals surface area (Å²) in [5, 5.41) is 3.90. The van der Waals surface area contributed by atoms with Crippen molar-refractivity contribution < 1.29 is 18.8 Å². The Morgan fingerprint density at radius 2 is 2.10 bits per heavy atom. The Balaban J connectivity index is 2.02. The van der Waals surface area contributed by atoms with E-state index in [4.69, 9.17) is 9.26 Å². The fourth-order valence-electron chi connectivity index (χ4n) is 3.55. The summed E-state index contributed by atoms with van der Waals surface area (Å²) in [6.07, 6.45) is 5.85. The predicted octanol–water partition coefficient (Wildman–Crippen LogP) is 2.57. The van der Waals surface area contributed by atoms with Crippen LogP contribution in [0.2, 0.25) is 0 Å². The molecule has 1 atom stereocenters. The summed E-state index contributed by atoms with van der Waals surface area (Å²) < 4.78 is 10.5. The van der Waals surface area contributed by atoms with E-state index >= 15 is 0 Å². The van der Waals surface area contributed by atoms with Crippen LogP contribution in [0.3, 0.4) is 0 Å². The number of carbonyl (C=O) groups excluding carboxylic acids is 2. The molecular formula is C15H19NO4. The molecule has 1 saturated carbocycles. The van der Waals surface area contributed by atoms with Gasteiger partial charge >= 0.3 is 5.97 Å². The average molecular weight is 277 g/mol. The number of hydrogen-bond donors (Lipinski definition) is 0. The first-order chi connectivity index (χ1) is 9.69. The number of esters is 1. The summed E-state index contributed by atoms with van der Waals surface area (Å²) in [6, 6.07) is 0. The maximum atomic E-state index is 12.4. The van der Waals surface area contributed by atoms with E-state index in [2.05, 4.69) is 5.16 Å². The van der Waals surface area contributed by atoms with Crippen LogP contribution in [0.5, 0.6) is 0 Å². The maximum Gasteiger partial charge on any atom is 0.360 e. The molecule has 0 amide bonds. The number of hydrogen-bond acceptors (Lipinski definition) is 5. The molecule has 5 nitrogen and oxygen atoms in total. The summed E-state index contributed by atoms with van der Waals surface area (Å²) >= 11 is 0. The zero-order valence-corrected chi connectivity index (χ0v) is 11.7. The first-order valence-corrected chi connectivity index (χ1v) is 7.38. The molecule has 1 spiro atoms. The van der Waals surface area contributed by atoms with Gasteiger partial charge in [-0.15, -0.1) is 0 Å². The van der Waals surface area contributed by atoms with Gasteiger partial charge in [-0.3, -0.25) is 4.79 Å². The highest BCUT2D eigenvalue weighted by molar-refractivity contribution is 5.93. The summed E-state index contributed by atoms with van der Waals surface area (Å²) in [4.78, 5) is 24.3. The van der Waals surface area contributed by atoms with Crippen LogP contribution in [0, 0.1) is 0 Å². The van der Waals surface area contributed by atoms with E-state index in [1.807, 2.05) is 0 Å². The van der Waals surface area contributed by atoms with Crippen LogP contribution in [0.1, 0.15) is 67.3 Å². The van der Waals surface area contributed by atoms with Crippen molar-refractivity contribution >= 4 is 11.8 Å². The van der Waals surface area contributed by atoms with Crippen LogP contribution < -0.4 is 0 Å². The van der Waals surface area contributed by atoms with Crippen molar-refractivity contribution in [2.45, 2.75) is 57.3 Å². The molecule has 0 bridgehead atoms. The minimum absolute atomic E-state index is 0.247. The number of carbonyl (C=O) groups is 2. The Kier molecular flexibility index (Phi) is 3.36. The van der Waals surface area contributed by atoms with Gasteiger partial charge in [0.1, 0.15) is 5.78 Å². The molecule has 1 fully saturated rings. The Bertz CT molecular complexity index is 548. The summed E-state index contributed by atoms with van der Waals surface area (Å²) in [7, 11) is 0. The van der Waals surface area contributed by atoms with E-state index in [1.165, 1.54) is 0 Å². The van der Waals surface area contributed by atoms with Crippen LogP contribution in [-0.2, 0) is 21.4 Å². The summed E-state index contributed by atoms with van der Waals surface area (Å²) in [5.41, 5.74) is 0.535. The van der Waals surface area contributed by atoms with Crippen LogP contribution in [0.25, 0.3) is 0 Å². The van der Waals surface area contributed by atoms with Gasteiger partial charge < -0.3 is 9.26 Å². The van der Waals surface area contributed by atoms with E-state index in [9.17, 15) is 9.59 Å². The molecule has 0 radical (unpaired) electrons. The first-order valence-electron chi connectivity index (χ1n) is 7.38. The molecule has 5 heteroatoms. The summed E-state index contributed by atoms with van der Waals surface area (Å²) in [6.45, 7) is 2.07. The van der Waals surface area contributed by atoms with Gasteiger partial charge in [0.2, 0.25) is 0 Å². The lowest BCUT2D eigenvalue weighted by Gasteiger charge is -2.36. The molecule has 0 aromatic carbocycles. The third kappa shape index (κ3) is 1.87. The highest BCUT2D eigenvalue weighted by atomic mass is 16.5. The van der Waals surface area contributed by atoms with Crippen LogP contribution in [0.15, 0.2) is 4.52 Å². The number of ketones is 1. The number of nitrogens with zero attached hydrogens (tertiary/aromatic N) is 1. The standard InChI is InChI=1S/C15H19NO4/c1-2-19-14(18)12-10-6-5-9-15(13(10)20-16-12)8-4-3-7-11(15)17/h2-9H2,1H3. The monoisotopic (exact) mass is 277 g/mol. The highest BCUT2D eigenvalue weighted by Crippen LogP contribution is 2.46. The average Bonchev–Trinajstić information content (AvgIpc) is 2.88. The van der Waals surface area contributed by atoms with Gasteiger partial charge in [-0.2, -0.15) is 0 Å². The minimum Gasteiger partial charge on any atom is -0.461 e. The summed E-state index contributed by atoms with van der Waals surface area (Å²) in [5.74, 6) is 0.436. The van der Waals surface area contributed by atoms with Crippen molar-refractivity contribution in [2.24, 2.45) is 0 Å². The third-order valence-electron chi connectivity index (χ3n) is 4.51. The zero-order chi connectivity index (χ0) is 14.2. The maximum absolute atomic E-state index is 12.4. The molecule has 1 unspecified atom stereocenters. The minimum atomic E-state index is -0.524. The molecule has 20 heavy (non-hydrogen) atoms. The fraction of sp³-hybridized carbons (Fsp3) is 0.667. The Labute approximate surface area is 117 Å². The van der Waals surface area contributed by atoms with Gasteiger partial charge in [0, 0.05) is 12.0 Å². The molecule has 0 N–H and O–H groups in total. The largest absolute Gasteiger partial charge is 0.461 e. The molecule has 2 aliphatic carbocycles. The van der Waals surface area contributed by atoms with Gasteiger partial charge in [-0.1, -0.05) is 11.6 Å². The molecular weight excluding hydrogens is 258 g/mol. The fourth-order valence-corrected chi connectivity index (χ4v) is 3.55. The Hall–Kier alpha value is -1.65. The molecule has 1 heterocycles. The van der Waals surface area contributed by atoms with Crippen molar-refractivity contribution in [1.29, 1.82) is 0 Å². The topological polar surface area (TPSA) is 69.4 Å².